The summed E-state index contributed by atoms with van der Waals surface area (Å²) in [6.45, 7) is 0.919. The summed E-state index contributed by atoms with van der Waals surface area (Å²) in [5.74, 6) is 0.586. The number of carbonyl (C=O) groups is 2. The second kappa shape index (κ2) is 6.86. The largest absolute Gasteiger partial charge is 0.486 e. The van der Waals surface area contributed by atoms with Crippen LogP contribution in [0.4, 0.5) is 10.5 Å². The fraction of sp³-hybridized carbons (Fsp3) is 0.125. The number of carbonyl (C=O) groups excluding carboxylic acids is 2. The molecule has 0 radical (unpaired) electrons. The van der Waals surface area contributed by atoms with E-state index in [4.69, 9.17) is 9.47 Å². The number of nitrogens with one attached hydrogen (secondary N) is 2. The highest BCUT2D eigenvalue weighted by Gasteiger charge is 2.16. The van der Waals surface area contributed by atoms with Crippen molar-refractivity contribution in [1.29, 1.82) is 0 Å². The maximum atomic E-state index is 12.1. The van der Waals surface area contributed by atoms with Crippen LogP contribution >= 0.6 is 22.6 Å². The van der Waals surface area contributed by atoms with Crippen LogP contribution in [0.25, 0.3) is 0 Å². The molecule has 118 valence electrons. The molecule has 1 aliphatic heterocycles. The summed E-state index contributed by atoms with van der Waals surface area (Å²) in [5, 5.41) is 4.88. The number of anilines is 1. The molecule has 0 atom stereocenters. The third kappa shape index (κ3) is 3.92. The molecular weight excluding hydrogens is 411 g/mol. The van der Waals surface area contributed by atoms with E-state index in [1.807, 2.05) is 12.1 Å². The molecule has 1 aliphatic rings. The van der Waals surface area contributed by atoms with Gasteiger partial charge >= 0.3 is 6.03 Å². The van der Waals surface area contributed by atoms with Gasteiger partial charge in [-0.05, 0) is 65.1 Å². The maximum absolute atomic E-state index is 12.1. The van der Waals surface area contributed by atoms with Crippen LogP contribution in [0.3, 0.4) is 0 Å². The first-order chi connectivity index (χ1) is 11.1. The van der Waals surface area contributed by atoms with Gasteiger partial charge in [0.2, 0.25) is 0 Å². The number of hydrogen-bond donors (Lipinski definition) is 2. The van der Waals surface area contributed by atoms with Gasteiger partial charge < -0.3 is 14.8 Å². The Bertz CT molecular complexity index is 746. The number of halogens is 1. The van der Waals surface area contributed by atoms with Crippen LogP contribution in [0.1, 0.15) is 10.4 Å². The third-order valence-corrected chi connectivity index (χ3v) is 3.85. The minimum atomic E-state index is -0.592. The van der Waals surface area contributed by atoms with E-state index >= 15 is 0 Å². The van der Waals surface area contributed by atoms with Crippen LogP contribution in [0, 0.1) is 3.57 Å². The molecule has 2 aromatic carbocycles. The topological polar surface area (TPSA) is 76.7 Å². The minimum absolute atomic E-state index is 0.326. The lowest BCUT2D eigenvalue weighted by Gasteiger charge is -2.18. The molecule has 0 spiro atoms. The van der Waals surface area contributed by atoms with E-state index in [0.29, 0.717) is 36.0 Å². The molecule has 0 unspecified atom stereocenters. The monoisotopic (exact) mass is 424 g/mol. The Labute approximate surface area is 146 Å². The lowest BCUT2D eigenvalue weighted by Crippen LogP contribution is -2.34. The van der Waals surface area contributed by atoms with Gasteiger partial charge in [0.15, 0.2) is 11.5 Å². The fourth-order valence-corrected chi connectivity index (χ4v) is 2.42. The fourth-order valence-electron chi connectivity index (χ4n) is 2.06. The molecule has 1 heterocycles. The second-order valence-corrected chi connectivity index (χ2v) is 6.02. The van der Waals surface area contributed by atoms with E-state index < -0.39 is 11.9 Å². The van der Waals surface area contributed by atoms with Gasteiger partial charge in [-0.25, -0.2) is 4.79 Å². The Kier molecular flexibility index (Phi) is 4.65. The van der Waals surface area contributed by atoms with Gasteiger partial charge in [-0.2, -0.15) is 0 Å². The molecule has 7 heteroatoms. The van der Waals surface area contributed by atoms with E-state index in [-0.39, 0.29) is 0 Å². The summed E-state index contributed by atoms with van der Waals surface area (Å²) in [4.78, 5) is 24.0. The highest BCUT2D eigenvalue weighted by atomic mass is 127. The number of amides is 3. The van der Waals surface area contributed by atoms with E-state index in [1.54, 1.807) is 30.3 Å². The molecule has 0 saturated carbocycles. The minimum Gasteiger partial charge on any atom is -0.486 e. The molecule has 3 amide bonds. The Morgan fingerprint density at radius 2 is 1.65 bits per heavy atom. The molecule has 0 bridgehead atoms. The molecule has 0 aromatic heterocycles. The quantitative estimate of drug-likeness (QED) is 0.727. The van der Waals surface area contributed by atoms with E-state index in [1.165, 1.54) is 0 Å². The van der Waals surface area contributed by atoms with E-state index in [0.717, 1.165) is 3.57 Å². The number of rotatable bonds is 2. The molecule has 0 fully saturated rings. The van der Waals surface area contributed by atoms with Gasteiger partial charge in [0.05, 0.1) is 0 Å². The molecule has 2 aromatic rings. The summed E-state index contributed by atoms with van der Waals surface area (Å²) in [5.41, 5.74) is 0.935. The van der Waals surface area contributed by atoms with Crippen molar-refractivity contribution in [3.05, 3.63) is 51.6 Å². The lowest BCUT2D eigenvalue weighted by molar-refractivity contribution is 0.0966. The van der Waals surface area contributed by atoms with E-state index in [2.05, 4.69) is 33.2 Å². The Hall–Kier alpha value is -2.29. The van der Waals surface area contributed by atoms with Gasteiger partial charge in [-0.3, -0.25) is 10.1 Å². The Morgan fingerprint density at radius 3 is 2.39 bits per heavy atom. The highest BCUT2D eigenvalue weighted by molar-refractivity contribution is 14.1. The van der Waals surface area contributed by atoms with Gasteiger partial charge in [0.1, 0.15) is 13.2 Å². The van der Waals surface area contributed by atoms with E-state index in [9.17, 15) is 9.59 Å². The highest BCUT2D eigenvalue weighted by Crippen LogP contribution is 2.30. The second-order valence-electron chi connectivity index (χ2n) is 4.77. The van der Waals surface area contributed by atoms with Crippen LogP contribution < -0.4 is 20.1 Å². The van der Waals surface area contributed by atoms with Gasteiger partial charge in [-0.15, -0.1) is 0 Å². The van der Waals surface area contributed by atoms with Crippen molar-refractivity contribution in [2.45, 2.75) is 0 Å². The van der Waals surface area contributed by atoms with Crippen molar-refractivity contribution in [1.82, 2.24) is 5.32 Å². The summed E-state index contributed by atoms with van der Waals surface area (Å²) >= 11 is 2.17. The molecular formula is C16H13IN2O4. The predicted octanol–water partition coefficient (Wildman–Crippen LogP) is 3.02. The van der Waals surface area contributed by atoms with Crippen molar-refractivity contribution >= 4 is 40.2 Å². The molecule has 0 saturated heterocycles. The normalized spacial score (nSPS) is 12.4. The maximum Gasteiger partial charge on any atom is 0.326 e. The number of fused-ring (bicyclic) bond motifs is 1. The van der Waals surface area contributed by atoms with Crippen LogP contribution in [-0.2, 0) is 0 Å². The zero-order valence-corrected chi connectivity index (χ0v) is 14.1. The van der Waals surface area contributed by atoms with Crippen LogP contribution in [-0.4, -0.2) is 25.2 Å². The van der Waals surface area contributed by atoms with Crippen molar-refractivity contribution in [2.24, 2.45) is 0 Å². The van der Waals surface area contributed by atoms with Crippen LogP contribution in [0.5, 0.6) is 11.5 Å². The van der Waals surface area contributed by atoms with Crippen molar-refractivity contribution in [3.8, 4) is 11.5 Å². The molecule has 6 nitrogen and oxygen atoms in total. The molecule has 23 heavy (non-hydrogen) atoms. The number of urea groups is 1. The van der Waals surface area contributed by atoms with Crippen molar-refractivity contribution in [3.63, 3.8) is 0 Å². The standard InChI is InChI=1S/C16H13IN2O4/c17-11-2-4-12(5-3-11)18-16(21)19-15(20)10-1-6-13-14(9-10)23-8-7-22-13/h1-6,9H,7-8H2,(H2,18,19,20,21). The number of imide groups is 1. The summed E-state index contributed by atoms with van der Waals surface area (Å²) in [7, 11) is 0. The zero-order valence-electron chi connectivity index (χ0n) is 12.0. The molecule has 3 rings (SSSR count). The van der Waals surface area contributed by atoms with Gasteiger partial charge in [0, 0.05) is 14.8 Å². The summed E-state index contributed by atoms with van der Waals surface area (Å²) in [6.07, 6.45) is 0. The van der Waals surface area contributed by atoms with Gasteiger partial charge in [-0.1, -0.05) is 0 Å². The zero-order chi connectivity index (χ0) is 16.2. The average molecular weight is 424 g/mol. The molecule has 0 aliphatic carbocycles. The number of benzene rings is 2. The van der Waals surface area contributed by atoms with Crippen LogP contribution in [0.15, 0.2) is 42.5 Å². The summed E-state index contributed by atoms with van der Waals surface area (Å²) in [6, 6.07) is 11.4. The first-order valence-electron chi connectivity index (χ1n) is 6.89. The van der Waals surface area contributed by atoms with Crippen LogP contribution in [0.2, 0.25) is 0 Å². The van der Waals surface area contributed by atoms with Gasteiger partial charge in [0.25, 0.3) is 5.91 Å². The number of ether oxygens (including phenoxy) is 2. The Morgan fingerprint density at radius 1 is 0.957 bits per heavy atom. The average Bonchev–Trinajstić information content (AvgIpc) is 2.56. The smallest absolute Gasteiger partial charge is 0.326 e. The number of hydrogen-bond acceptors (Lipinski definition) is 4. The first kappa shape index (κ1) is 15.6. The molecule has 2 N–H and O–H groups in total. The first-order valence-corrected chi connectivity index (χ1v) is 7.97. The van der Waals surface area contributed by atoms with Crippen molar-refractivity contribution < 1.29 is 19.1 Å². The van der Waals surface area contributed by atoms with Crippen molar-refractivity contribution in [2.75, 3.05) is 18.5 Å². The Balaban J connectivity index is 1.64. The predicted molar refractivity (Wildman–Crippen MR) is 93.1 cm³/mol. The lowest BCUT2D eigenvalue weighted by atomic mass is 10.2. The third-order valence-electron chi connectivity index (χ3n) is 3.13. The summed E-state index contributed by atoms with van der Waals surface area (Å²) < 4.78 is 11.9. The SMILES string of the molecule is O=C(NC(=O)c1ccc2c(c1)OCCO2)Nc1ccc(I)cc1.